The number of benzene rings is 1. The fourth-order valence-electron chi connectivity index (χ4n) is 5.46. The molecule has 0 spiro atoms. The number of aromatic nitrogens is 5. The highest BCUT2D eigenvalue weighted by Gasteiger charge is 2.20. The van der Waals surface area contributed by atoms with Gasteiger partial charge in [0.25, 0.3) is 5.56 Å². The van der Waals surface area contributed by atoms with Gasteiger partial charge >= 0.3 is 0 Å². The third-order valence-electron chi connectivity index (χ3n) is 7.93. The first-order chi connectivity index (χ1) is 20.8. The lowest BCUT2D eigenvalue weighted by Gasteiger charge is -2.19. The number of nitrogens with one attached hydrogen (secondary N) is 2. The quantitative estimate of drug-likeness (QED) is 0.282. The second-order valence-electron chi connectivity index (χ2n) is 10.9. The van der Waals surface area contributed by atoms with E-state index in [2.05, 4.69) is 30.5 Å². The summed E-state index contributed by atoms with van der Waals surface area (Å²) in [6.45, 7) is 5.67. The summed E-state index contributed by atoms with van der Waals surface area (Å²) in [5.41, 5.74) is 3.77. The fraction of sp³-hybridized carbons (Fsp3) is 0.281. The fourth-order valence-corrected chi connectivity index (χ4v) is 5.46. The predicted molar refractivity (Wildman–Crippen MR) is 165 cm³/mol. The number of likely N-dealkylation sites (N-methyl/N-ethyl adjacent to an activating group) is 1. The van der Waals surface area contributed by atoms with Crippen molar-refractivity contribution in [3.8, 4) is 17.1 Å². The van der Waals surface area contributed by atoms with Crippen LogP contribution in [0.3, 0.4) is 0 Å². The minimum Gasteiger partial charge on any atom is -0.357 e. The van der Waals surface area contributed by atoms with Crippen LogP contribution in [0.4, 0.5) is 15.9 Å². The summed E-state index contributed by atoms with van der Waals surface area (Å²) in [6.07, 6.45) is 10.7. The Morgan fingerprint density at radius 1 is 1.07 bits per heavy atom. The second kappa shape index (κ2) is 11.8. The van der Waals surface area contributed by atoms with Crippen LogP contribution in [0.1, 0.15) is 30.9 Å². The van der Waals surface area contributed by atoms with Gasteiger partial charge in [0.1, 0.15) is 23.1 Å². The van der Waals surface area contributed by atoms with E-state index >= 15 is 0 Å². The van der Waals surface area contributed by atoms with Gasteiger partial charge in [-0.05, 0) is 81.3 Å². The Bertz CT molecular complexity index is 1880. The molecular weight excluding hydrogens is 547 g/mol. The third-order valence-corrected chi connectivity index (χ3v) is 7.93. The van der Waals surface area contributed by atoms with Gasteiger partial charge in [-0.15, -0.1) is 0 Å². The lowest BCUT2D eigenvalue weighted by molar-refractivity contribution is -0.117. The largest absolute Gasteiger partial charge is 0.357 e. The molecule has 4 aromatic heterocycles. The Hall–Kier alpha value is -4.90. The maximum absolute atomic E-state index is 13.9. The zero-order valence-electron chi connectivity index (χ0n) is 24.3. The summed E-state index contributed by atoms with van der Waals surface area (Å²) in [6, 6.07) is 9.95. The number of amides is 1. The number of carbonyl (C=O) groups is 1. The molecule has 11 heteroatoms. The first-order valence-electron chi connectivity index (χ1n) is 14.3. The van der Waals surface area contributed by atoms with Crippen molar-refractivity contribution in [2.75, 3.05) is 30.4 Å². The molecule has 1 aliphatic rings. The Morgan fingerprint density at radius 3 is 2.67 bits per heavy atom. The normalized spacial score (nSPS) is 13.9. The lowest BCUT2D eigenvalue weighted by Crippen LogP contribution is -2.38. The van der Waals surface area contributed by atoms with Gasteiger partial charge in [-0.1, -0.05) is 0 Å². The van der Waals surface area contributed by atoms with Gasteiger partial charge in [-0.2, -0.15) is 0 Å². The molecular formula is C32H33FN8O2. The highest BCUT2D eigenvalue weighted by atomic mass is 19.1. The summed E-state index contributed by atoms with van der Waals surface area (Å²) in [4.78, 5) is 42.5. The molecule has 1 saturated heterocycles. The van der Waals surface area contributed by atoms with Gasteiger partial charge in [-0.25, -0.2) is 14.4 Å². The SMILES string of the molecule is CNC(C)C(=O)Nc1cnc(-c2ccnc(N3CCCC3)c2)n(Cc2cncc(-n3cc(C)c4cc(F)ccc43)c2)c1=O. The van der Waals surface area contributed by atoms with E-state index in [1.54, 1.807) is 43.2 Å². The molecule has 1 atom stereocenters. The van der Waals surface area contributed by atoms with Gasteiger partial charge in [0.15, 0.2) is 0 Å². The first-order valence-corrected chi connectivity index (χ1v) is 14.3. The zero-order valence-corrected chi connectivity index (χ0v) is 24.3. The molecule has 1 amide bonds. The van der Waals surface area contributed by atoms with E-state index in [1.165, 1.54) is 18.3 Å². The third kappa shape index (κ3) is 5.63. The monoisotopic (exact) mass is 580 g/mol. The minimum atomic E-state index is -0.495. The Morgan fingerprint density at radius 2 is 1.88 bits per heavy atom. The molecule has 43 heavy (non-hydrogen) atoms. The number of nitrogens with zero attached hydrogens (tertiary/aromatic N) is 6. The highest BCUT2D eigenvalue weighted by molar-refractivity contribution is 5.94. The van der Waals surface area contributed by atoms with Crippen LogP contribution in [0, 0.1) is 12.7 Å². The smallest absolute Gasteiger partial charge is 0.277 e. The zero-order chi connectivity index (χ0) is 30.1. The number of aryl methyl sites for hydroxylation is 1. The lowest BCUT2D eigenvalue weighted by atomic mass is 10.2. The van der Waals surface area contributed by atoms with Crippen molar-refractivity contribution in [2.24, 2.45) is 0 Å². The summed E-state index contributed by atoms with van der Waals surface area (Å²) < 4.78 is 17.5. The van der Waals surface area contributed by atoms with Crippen molar-refractivity contribution in [1.82, 2.24) is 29.4 Å². The standard InChI is InChI=1S/C32H33FN8O2/c1-20-18-40(28-7-6-24(33)14-26(20)28)25-12-22(15-35-16-25)19-41-30(23-8-9-36-29(13-23)39-10-4-5-11-39)37-17-27(32(41)43)38-31(42)21(2)34-3/h6-9,12-18,21,34H,4-5,10-11,19H2,1-3H3,(H,38,42). The van der Waals surface area contributed by atoms with E-state index in [9.17, 15) is 14.0 Å². The van der Waals surface area contributed by atoms with E-state index in [4.69, 9.17) is 0 Å². The number of anilines is 2. The molecule has 1 aliphatic heterocycles. The van der Waals surface area contributed by atoms with Gasteiger partial charge < -0.3 is 20.1 Å². The van der Waals surface area contributed by atoms with Crippen LogP contribution in [-0.4, -0.2) is 56.2 Å². The molecule has 6 rings (SSSR count). The van der Waals surface area contributed by atoms with E-state index in [0.717, 1.165) is 65.0 Å². The van der Waals surface area contributed by atoms with Crippen LogP contribution < -0.4 is 21.1 Å². The van der Waals surface area contributed by atoms with Gasteiger partial charge in [0, 0.05) is 42.6 Å². The van der Waals surface area contributed by atoms with E-state index in [-0.39, 0.29) is 29.5 Å². The molecule has 220 valence electrons. The number of pyridine rings is 2. The molecule has 1 unspecified atom stereocenters. The molecule has 1 fully saturated rings. The van der Waals surface area contributed by atoms with Crippen LogP contribution in [0.5, 0.6) is 0 Å². The Kier molecular flexibility index (Phi) is 7.73. The molecule has 2 N–H and O–H groups in total. The van der Waals surface area contributed by atoms with Crippen LogP contribution in [0.15, 0.2) is 72.2 Å². The summed E-state index contributed by atoms with van der Waals surface area (Å²) >= 11 is 0. The van der Waals surface area contributed by atoms with Crippen molar-refractivity contribution >= 4 is 28.3 Å². The number of rotatable bonds is 8. The van der Waals surface area contributed by atoms with Crippen LogP contribution in [-0.2, 0) is 11.3 Å². The summed E-state index contributed by atoms with van der Waals surface area (Å²) in [7, 11) is 1.68. The predicted octanol–water partition coefficient (Wildman–Crippen LogP) is 4.29. The molecule has 0 saturated carbocycles. The van der Waals surface area contributed by atoms with Crippen molar-refractivity contribution in [3.63, 3.8) is 0 Å². The number of fused-ring (bicyclic) bond motifs is 1. The average Bonchev–Trinajstić information content (AvgIpc) is 3.67. The highest BCUT2D eigenvalue weighted by Crippen LogP contribution is 2.27. The molecule has 10 nitrogen and oxygen atoms in total. The van der Waals surface area contributed by atoms with Crippen LogP contribution >= 0.6 is 0 Å². The molecule has 5 aromatic rings. The number of hydrogen-bond acceptors (Lipinski definition) is 7. The Balaban J connectivity index is 1.42. The van der Waals surface area contributed by atoms with Crippen molar-refractivity contribution in [3.05, 3.63) is 94.7 Å². The van der Waals surface area contributed by atoms with E-state index in [1.807, 2.05) is 35.9 Å². The molecule has 1 aromatic carbocycles. The maximum atomic E-state index is 13.9. The molecule has 0 radical (unpaired) electrons. The topological polar surface area (TPSA) is 110 Å². The van der Waals surface area contributed by atoms with Gasteiger partial charge in [0.2, 0.25) is 5.91 Å². The summed E-state index contributed by atoms with van der Waals surface area (Å²) in [5, 5.41) is 6.42. The van der Waals surface area contributed by atoms with E-state index < -0.39 is 6.04 Å². The van der Waals surface area contributed by atoms with Crippen molar-refractivity contribution in [1.29, 1.82) is 0 Å². The number of halogens is 1. The van der Waals surface area contributed by atoms with Crippen LogP contribution in [0.2, 0.25) is 0 Å². The minimum absolute atomic E-state index is 0.0860. The summed E-state index contributed by atoms with van der Waals surface area (Å²) in [5.74, 6) is 0.664. The average molecular weight is 581 g/mol. The van der Waals surface area contributed by atoms with Gasteiger partial charge in [-0.3, -0.25) is 19.1 Å². The van der Waals surface area contributed by atoms with Crippen molar-refractivity contribution < 1.29 is 9.18 Å². The second-order valence-corrected chi connectivity index (χ2v) is 10.9. The maximum Gasteiger partial charge on any atom is 0.277 e. The number of carbonyl (C=O) groups excluding carboxylic acids is 1. The van der Waals surface area contributed by atoms with Gasteiger partial charge in [0.05, 0.1) is 36.2 Å². The molecule has 0 bridgehead atoms. The molecule has 5 heterocycles. The first kappa shape index (κ1) is 28.2. The van der Waals surface area contributed by atoms with E-state index in [0.29, 0.717) is 5.82 Å². The van der Waals surface area contributed by atoms with Crippen LogP contribution in [0.25, 0.3) is 28.0 Å². The molecule has 0 aliphatic carbocycles. The van der Waals surface area contributed by atoms with Crippen molar-refractivity contribution in [2.45, 2.75) is 39.3 Å². The Labute approximate surface area is 248 Å². The number of hydrogen-bond donors (Lipinski definition) is 2.